The van der Waals surface area contributed by atoms with Crippen molar-refractivity contribution in [1.82, 2.24) is 10.4 Å². The Hall–Kier alpha value is -2.27. The van der Waals surface area contributed by atoms with Gasteiger partial charge in [-0.2, -0.15) is 5.01 Å². The summed E-state index contributed by atoms with van der Waals surface area (Å²) in [7, 11) is 1.51. The van der Waals surface area contributed by atoms with Crippen LogP contribution in [0.15, 0.2) is 64.0 Å². The van der Waals surface area contributed by atoms with Crippen LogP contribution in [-0.4, -0.2) is 28.3 Å². The Morgan fingerprint density at radius 3 is 2.51 bits per heavy atom. The Balaban J connectivity index is 1.53. The van der Waals surface area contributed by atoms with Crippen molar-refractivity contribution in [1.29, 1.82) is 0 Å². The van der Waals surface area contributed by atoms with Crippen molar-refractivity contribution in [3.05, 3.63) is 95.7 Å². The van der Waals surface area contributed by atoms with Crippen molar-refractivity contribution in [3.63, 3.8) is 0 Å². The molecule has 1 fully saturated rings. The lowest BCUT2D eigenvalue weighted by Crippen LogP contribution is -2.44. The summed E-state index contributed by atoms with van der Waals surface area (Å²) in [5.74, 6) is -0.107. The van der Waals surface area contributed by atoms with Crippen LogP contribution < -0.4 is 14.9 Å². The molecule has 3 aromatic carbocycles. The van der Waals surface area contributed by atoms with Crippen LogP contribution in [0.4, 0.5) is 0 Å². The van der Waals surface area contributed by atoms with Gasteiger partial charge in [0.25, 0.3) is 11.8 Å². The molecule has 3 aromatic rings. The third-order valence-corrected chi connectivity index (χ3v) is 7.90. The molecule has 37 heavy (non-hydrogen) atoms. The van der Waals surface area contributed by atoms with Gasteiger partial charge in [0, 0.05) is 26.2 Å². The molecule has 4 rings (SSSR count). The molecule has 1 heterocycles. The molecular formula is C25H16BrCl3N2O4S2. The number of halogens is 4. The van der Waals surface area contributed by atoms with Crippen molar-refractivity contribution in [2.24, 2.45) is 0 Å². The van der Waals surface area contributed by atoms with Crippen LogP contribution in [0.25, 0.3) is 6.08 Å². The first kappa shape index (κ1) is 27.8. The molecule has 0 aromatic heterocycles. The van der Waals surface area contributed by atoms with Crippen molar-refractivity contribution in [3.8, 4) is 11.5 Å². The topological polar surface area (TPSA) is 67.9 Å². The van der Waals surface area contributed by atoms with E-state index in [0.717, 1.165) is 16.8 Å². The second-order valence-corrected chi connectivity index (χ2v) is 11.3. The normalized spacial score (nSPS) is 14.3. The zero-order valence-electron chi connectivity index (χ0n) is 18.9. The Labute approximate surface area is 245 Å². The lowest BCUT2D eigenvalue weighted by atomic mass is 10.1. The fourth-order valence-electron chi connectivity index (χ4n) is 3.29. The van der Waals surface area contributed by atoms with Gasteiger partial charge in [-0.05, 0) is 82.3 Å². The first-order valence-electron chi connectivity index (χ1n) is 10.5. The average Bonchev–Trinajstić information content (AvgIpc) is 3.11. The summed E-state index contributed by atoms with van der Waals surface area (Å²) in [5, 5.41) is 2.42. The van der Waals surface area contributed by atoms with Gasteiger partial charge >= 0.3 is 0 Å². The molecule has 0 unspecified atom stereocenters. The van der Waals surface area contributed by atoms with E-state index in [4.69, 9.17) is 56.5 Å². The maximum Gasteiger partial charge on any atom is 0.285 e. The summed E-state index contributed by atoms with van der Waals surface area (Å²) in [6.45, 7) is 0.123. The standard InChI is InChI=1S/C25H16BrCl3N2O4S2/c1-34-20-9-13(8-17(26)22(20)35-12-16-18(28)6-3-7-19(16)29)10-21-24(33)31(25(36)37-21)30-23(32)14-4-2-5-15(27)11-14/h2-11H,12H2,1H3,(H,30,32)/b21-10-. The molecule has 190 valence electrons. The molecule has 1 aliphatic heterocycles. The first-order valence-corrected chi connectivity index (χ1v) is 13.6. The van der Waals surface area contributed by atoms with Gasteiger partial charge in [-0.15, -0.1) is 0 Å². The summed E-state index contributed by atoms with van der Waals surface area (Å²) in [6, 6.07) is 15.1. The van der Waals surface area contributed by atoms with Gasteiger partial charge in [0.1, 0.15) is 6.61 Å². The molecule has 0 radical (unpaired) electrons. The van der Waals surface area contributed by atoms with Crippen LogP contribution in [0, 0.1) is 0 Å². The van der Waals surface area contributed by atoms with E-state index in [1.807, 2.05) is 0 Å². The number of rotatable bonds is 7. The van der Waals surface area contributed by atoms with Crippen molar-refractivity contribution >= 4 is 96.9 Å². The van der Waals surface area contributed by atoms with Crippen molar-refractivity contribution in [2.75, 3.05) is 7.11 Å². The molecule has 0 bridgehead atoms. The molecule has 0 atom stereocenters. The highest BCUT2D eigenvalue weighted by atomic mass is 79.9. The zero-order valence-corrected chi connectivity index (χ0v) is 24.4. The number of hydrogen-bond donors (Lipinski definition) is 1. The van der Waals surface area contributed by atoms with Gasteiger partial charge in [-0.3, -0.25) is 15.0 Å². The van der Waals surface area contributed by atoms with Gasteiger partial charge in [0.05, 0.1) is 16.5 Å². The van der Waals surface area contributed by atoms with Crippen LogP contribution in [0.1, 0.15) is 21.5 Å². The molecule has 0 saturated carbocycles. The number of carbonyl (C=O) groups is 2. The number of ether oxygens (including phenoxy) is 2. The highest BCUT2D eigenvalue weighted by Crippen LogP contribution is 2.40. The lowest BCUT2D eigenvalue weighted by molar-refractivity contribution is -0.123. The van der Waals surface area contributed by atoms with Crippen LogP contribution >= 0.6 is 74.7 Å². The third kappa shape index (κ3) is 6.42. The van der Waals surface area contributed by atoms with E-state index in [1.165, 1.54) is 13.2 Å². The number of thioether (sulfide) groups is 1. The number of benzene rings is 3. The fourth-order valence-corrected chi connectivity index (χ4v) is 5.74. The minimum atomic E-state index is -0.510. The Kier molecular flexibility index (Phi) is 9.05. The maximum atomic E-state index is 13.0. The van der Waals surface area contributed by atoms with Crippen LogP contribution in [0.2, 0.25) is 15.1 Å². The monoisotopic (exact) mass is 656 g/mol. The number of carbonyl (C=O) groups excluding carboxylic acids is 2. The zero-order chi connectivity index (χ0) is 26.7. The Morgan fingerprint density at radius 2 is 1.84 bits per heavy atom. The summed E-state index contributed by atoms with van der Waals surface area (Å²) < 4.78 is 12.3. The maximum absolute atomic E-state index is 13.0. The van der Waals surface area contributed by atoms with E-state index < -0.39 is 11.8 Å². The smallest absolute Gasteiger partial charge is 0.285 e. The molecule has 1 aliphatic rings. The molecule has 1 N–H and O–H groups in total. The van der Waals surface area contributed by atoms with E-state index >= 15 is 0 Å². The summed E-state index contributed by atoms with van der Waals surface area (Å²) in [5.41, 5.74) is 4.12. The highest BCUT2D eigenvalue weighted by molar-refractivity contribution is 9.10. The lowest BCUT2D eigenvalue weighted by Gasteiger charge is -2.16. The highest BCUT2D eigenvalue weighted by Gasteiger charge is 2.34. The summed E-state index contributed by atoms with van der Waals surface area (Å²) >= 11 is 28.3. The quantitative estimate of drug-likeness (QED) is 0.209. The first-order chi connectivity index (χ1) is 17.7. The third-order valence-electron chi connectivity index (χ3n) is 5.07. The number of nitrogens with zero attached hydrogens (tertiary/aromatic N) is 1. The molecule has 0 spiro atoms. The van der Waals surface area contributed by atoms with Gasteiger partial charge in [0.2, 0.25) is 0 Å². The molecule has 2 amide bonds. The Bertz CT molecular complexity index is 1430. The van der Waals surface area contributed by atoms with E-state index in [9.17, 15) is 9.59 Å². The molecule has 0 aliphatic carbocycles. The number of hydrazine groups is 1. The van der Waals surface area contributed by atoms with E-state index in [2.05, 4.69) is 21.4 Å². The van der Waals surface area contributed by atoms with Crippen LogP contribution in [-0.2, 0) is 11.4 Å². The molecule has 6 nitrogen and oxygen atoms in total. The molecular weight excluding hydrogens is 643 g/mol. The van der Waals surface area contributed by atoms with Crippen molar-refractivity contribution in [2.45, 2.75) is 6.61 Å². The van der Waals surface area contributed by atoms with Gasteiger partial charge in [-0.25, -0.2) is 0 Å². The van der Waals surface area contributed by atoms with E-state index in [0.29, 0.717) is 52.6 Å². The van der Waals surface area contributed by atoms with E-state index in [-0.39, 0.29) is 10.9 Å². The van der Waals surface area contributed by atoms with Crippen molar-refractivity contribution < 1.29 is 19.1 Å². The largest absolute Gasteiger partial charge is 0.493 e. The average molecular weight is 659 g/mol. The van der Waals surface area contributed by atoms with Gasteiger partial charge < -0.3 is 9.47 Å². The number of methoxy groups -OCH3 is 1. The van der Waals surface area contributed by atoms with Crippen LogP contribution in [0.3, 0.4) is 0 Å². The number of nitrogens with one attached hydrogen (secondary N) is 1. The van der Waals surface area contributed by atoms with Crippen LogP contribution in [0.5, 0.6) is 11.5 Å². The second-order valence-electron chi connectivity index (χ2n) is 7.49. The molecule has 12 heteroatoms. The number of amides is 2. The SMILES string of the molecule is COc1cc(/C=C2\SC(=S)N(NC(=O)c3cccc(Cl)c3)C2=O)cc(Br)c1OCc1c(Cl)cccc1Cl. The number of hydrogen-bond acceptors (Lipinski definition) is 6. The second kappa shape index (κ2) is 12.1. The number of thiocarbonyl (C=S) groups is 1. The predicted molar refractivity (Wildman–Crippen MR) is 155 cm³/mol. The van der Waals surface area contributed by atoms with Gasteiger partial charge in [-0.1, -0.05) is 58.7 Å². The van der Waals surface area contributed by atoms with Gasteiger partial charge in [0.15, 0.2) is 15.8 Å². The summed E-state index contributed by atoms with van der Waals surface area (Å²) in [4.78, 5) is 25.9. The summed E-state index contributed by atoms with van der Waals surface area (Å²) in [6.07, 6.45) is 1.65. The predicted octanol–water partition coefficient (Wildman–Crippen LogP) is 7.54. The Morgan fingerprint density at radius 1 is 1.14 bits per heavy atom. The van der Waals surface area contributed by atoms with E-state index in [1.54, 1.807) is 54.6 Å². The minimum Gasteiger partial charge on any atom is -0.493 e. The molecule has 1 saturated heterocycles. The minimum absolute atomic E-state index is 0.123. The fraction of sp³-hybridized carbons (Fsp3) is 0.0800.